The van der Waals surface area contributed by atoms with E-state index in [9.17, 15) is 14.4 Å². The Morgan fingerprint density at radius 2 is 1.46 bits per heavy atom. The number of nitrogens with zero attached hydrogens (tertiary/aromatic N) is 6. The van der Waals surface area contributed by atoms with Crippen molar-refractivity contribution in [1.29, 1.82) is 0 Å². The molecule has 11 heteroatoms. The zero-order valence-electron chi connectivity index (χ0n) is 30.9. The summed E-state index contributed by atoms with van der Waals surface area (Å²) in [5.74, 6) is 0.770. The minimum atomic E-state index is -0.331. The van der Waals surface area contributed by atoms with E-state index in [0.717, 1.165) is 68.1 Å². The van der Waals surface area contributed by atoms with E-state index in [4.69, 9.17) is 10.7 Å². The van der Waals surface area contributed by atoms with Gasteiger partial charge in [-0.3, -0.25) is 28.5 Å². The van der Waals surface area contributed by atoms with Gasteiger partial charge in [0.05, 0.1) is 12.7 Å². The standard InChI is InChI=1S/C39H58N8O3/c1-6-26-46-38(49)36-37(45(39(46)50)27-24-30-20-22-32(23-21-30)41-34(48)19-15-12-16-25-40)42-33(28-31-17-13-11-14-18-31)47(36)29-35(43(7-2)8-3)44(9-4)10-5/h11,13-14,17-18,20-23,35H,6-10,12,15-16,19,24-29,40H2,1-5H3,(H,41,48). The molecular weight excluding hydrogens is 628 g/mol. The Hall–Kier alpha value is -4.06. The number of carbonyl (C=O) groups excluding carboxylic acids is 1. The summed E-state index contributed by atoms with van der Waals surface area (Å²) in [5.41, 5.74) is 8.73. The van der Waals surface area contributed by atoms with E-state index >= 15 is 0 Å². The van der Waals surface area contributed by atoms with E-state index in [1.54, 1.807) is 4.57 Å². The van der Waals surface area contributed by atoms with E-state index in [1.165, 1.54) is 4.57 Å². The molecule has 0 saturated carbocycles. The van der Waals surface area contributed by atoms with E-state index in [2.05, 4.69) is 59.5 Å². The van der Waals surface area contributed by atoms with Crippen LogP contribution in [0.3, 0.4) is 0 Å². The highest BCUT2D eigenvalue weighted by molar-refractivity contribution is 5.90. The van der Waals surface area contributed by atoms with Gasteiger partial charge in [-0.25, -0.2) is 9.78 Å². The molecule has 0 spiro atoms. The van der Waals surface area contributed by atoms with Gasteiger partial charge in [0, 0.05) is 31.6 Å². The first-order chi connectivity index (χ1) is 24.3. The third kappa shape index (κ3) is 9.58. The van der Waals surface area contributed by atoms with Crippen LogP contribution in [0.1, 0.15) is 83.7 Å². The van der Waals surface area contributed by atoms with Gasteiger partial charge in [-0.15, -0.1) is 0 Å². The quantitative estimate of drug-likeness (QED) is 0.0927. The SMILES string of the molecule is CCCn1c(=O)c2c(nc(Cc3ccccc3)n2CC(N(CC)CC)N(CC)CC)n(CCc2ccc(NC(=O)CCCCCN)cc2)c1=O. The molecule has 0 atom stereocenters. The van der Waals surface area contributed by atoms with Gasteiger partial charge in [0.15, 0.2) is 11.2 Å². The van der Waals surface area contributed by atoms with Crippen LogP contribution in [0.5, 0.6) is 0 Å². The molecule has 2 aromatic heterocycles. The molecule has 0 bridgehead atoms. The number of hydrogen-bond donors (Lipinski definition) is 2. The number of rotatable bonds is 21. The minimum absolute atomic E-state index is 0.00647. The Balaban J connectivity index is 1.75. The maximum absolute atomic E-state index is 14.3. The van der Waals surface area contributed by atoms with Crippen molar-refractivity contribution in [2.75, 3.05) is 38.0 Å². The fourth-order valence-electron chi connectivity index (χ4n) is 6.81. The second-order valence-electron chi connectivity index (χ2n) is 12.9. The molecular formula is C39H58N8O3. The van der Waals surface area contributed by atoms with Crippen LogP contribution < -0.4 is 22.3 Å². The molecule has 2 aromatic carbocycles. The third-order valence-electron chi connectivity index (χ3n) is 9.63. The lowest BCUT2D eigenvalue weighted by molar-refractivity contribution is -0.116. The Morgan fingerprint density at radius 1 is 0.800 bits per heavy atom. The number of benzene rings is 2. The molecule has 3 N–H and O–H groups in total. The molecule has 0 saturated heterocycles. The number of aromatic nitrogens is 4. The summed E-state index contributed by atoms with van der Waals surface area (Å²) in [4.78, 5) is 50.7. The average molecular weight is 687 g/mol. The number of hydrogen-bond acceptors (Lipinski definition) is 7. The van der Waals surface area contributed by atoms with Gasteiger partial charge in [-0.05, 0) is 81.7 Å². The molecule has 0 aliphatic heterocycles. The van der Waals surface area contributed by atoms with Gasteiger partial charge in [0.1, 0.15) is 5.82 Å². The summed E-state index contributed by atoms with van der Waals surface area (Å²) in [7, 11) is 0. The number of likely N-dealkylation sites (N-methyl/N-ethyl adjacent to an activating group) is 2. The largest absolute Gasteiger partial charge is 0.332 e. The topological polar surface area (TPSA) is 123 Å². The molecule has 4 aromatic rings. The summed E-state index contributed by atoms with van der Waals surface area (Å²) in [6.45, 7) is 16.1. The van der Waals surface area contributed by atoms with Crippen molar-refractivity contribution in [2.45, 2.75) is 105 Å². The third-order valence-corrected chi connectivity index (χ3v) is 9.63. The van der Waals surface area contributed by atoms with Gasteiger partial charge in [0.2, 0.25) is 5.91 Å². The van der Waals surface area contributed by atoms with Crippen LogP contribution in [-0.2, 0) is 37.3 Å². The van der Waals surface area contributed by atoms with E-state index < -0.39 is 0 Å². The lowest BCUT2D eigenvalue weighted by Gasteiger charge is -2.38. The number of unbranched alkanes of at least 4 members (excludes halogenated alkanes) is 2. The number of anilines is 1. The number of nitrogens with one attached hydrogen (secondary N) is 1. The normalized spacial score (nSPS) is 11.8. The molecule has 272 valence electrons. The van der Waals surface area contributed by atoms with Crippen molar-refractivity contribution in [3.63, 3.8) is 0 Å². The first-order valence-corrected chi connectivity index (χ1v) is 18.6. The first-order valence-electron chi connectivity index (χ1n) is 18.6. The van der Waals surface area contributed by atoms with E-state index in [-0.39, 0.29) is 23.3 Å². The monoisotopic (exact) mass is 686 g/mol. The molecule has 0 aliphatic rings. The highest BCUT2D eigenvalue weighted by Gasteiger charge is 2.27. The Labute approximate surface area is 297 Å². The minimum Gasteiger partial charge on any atom is -0.330 e. The predicted molar refractivity (Wildman–Crippen MR) is 204 cm³/mol. The van der Waals surface area contributed by atoms with Crippen LogP contribution in [0.25, 0.3) is 11.2 Å². The number of nitrogens with two attached hydrogens (primary N) is 1. The van der Waals surface area contributed by atoms with Gasteiger partial charge < -0.3 is 15.6 Å². The Kier molecular flexibility index (Phi) is 15.0. The van der Waals surface area contributed by atoms with Crippen LogP contribution >= 0.6 is 0 Å². The maximum Gasteiger partial charge on any atom is 0.332 e. The highest BCUT2D eigenvalue weighted by atomic mass is 16.2. The number of amides is 1. The van der Waals surface area contributed by atoms with Gasteiger partial charge in [-0.2, -0.15) is 0 Å². The van der Waals surface area contributed by atoms with Crippen molar-refractivity contribution in [3.05, 3.63) is 92.4 Å². The van der Waals surface area contributed by atoms with Crippen molar-refractivity contribution in [1.82, 2.24) is 28.5 Å². The Bertz CT molecular complexity index is 1740. The summed E-state index contributed by atoms with van der Waals surface area (Å²) >= 11 is 0. The smallest absolute Gasteiger partial charge is 0.330 e. The van der Waals surface area contributed by atoms with Crippen molar-refractivity contribution < 1.29 is 4.79 Å². The lowest BCUT2D eigenvalue weighted by atomic mass is 10.1. The maximum atomic E-state index is 14.3. The molecule has 50 heavy (non-hydrogen) atoms. The summed E-state index contributed by atoms with van der Waals surface area (Å²) in [6, 6.07) is 17.9. The van der Waals surface area contributed by atoms with Gasteiger partial charge >= 0.3 is 5.69 Å². The second-order valence-corrected chi connectivity index (χ2v) is 12.9. The lowest BCUT2D eigenvalue weighted by Crippen LogP contribution is -2.51. The van der Waals surface area contributed by atoms with Crippen molar-refractivity contribution >= 4 is 22.8 Å². The zero-order chi connectivity index (χ0) is 36.0. The molecule has 2 heterocycles. The predicted octanol–water partition coefficient (Wildman–Crippen LogP) is 5.07. The summed E-state index contributed by atoms with van der Waals surface area (Å²) in [6.07, 6.45) is 4.98. The number of fused-ring (bicyclic) bond motifs is 1. The summed E-state index contributed by atoms with van der Waals surface area (Å²) in [5, 5.41) is 2.97. The molecule has 0 unspecified atom stereocenters. The van der Waals surface area contributed by atoms with Crippen molar-refractivity contribution in [2.24, 2.45) is 5.73 Å². The van der Waals surface area contributed by atoms with Crippen molar-refractivity contribution in [3.8, 4) is 0 Å². The summed E-state index contributed by atoms with van der Waals surface area (Å²) < 4.78 is 5.18. The molecule has 0 fully saturated rings. The van der Waals surface area contributed by atoms with E-state index in [1.807, 2.05) is 49.4 Å². The van der Waals surface area contributed by atoms with Gasteiger partial charge in [-0.1, -0.05) is 83.5 Å². The van der Waals surface area contributed by atoms with Crippen LogP contribution in [0, 0.1) is 0 Å². The van der Waals surface area contributed by atoms with Crippen LogP contribution in [0.4, 0.5) is 5.69 Å². The molecule has 1 amide bonds. The van der Waals surface area contributed by atoms with Crippen LogP contribution in [0.2, 0.25) is 0 Å². The first kappa shape index (κ1) is 38.7. The average Bonchev–Trinajstić information content (AvgIpc) is 3.47. The molecule has 11 nitrogen and oxygen atoms in total. The Morgan fingerprint density at radius 3 is 2.06 bits per heavy atom. The number of aryl methyl sites for hydroxylation is 2. The fourth-order valence-corrected chi connectivity index (χ4v) is 6.81. The fraction of sp³-hybridized carbons (Fsp3) is 0.538. The molecule has 4 rings (SSSR count). The number of carbonyl (C=O) groups is 1. The molecule has 0 radical (unpaired) electrons. The number of imidazole rings is 1. The van der Waals surface area contributed by atoms with Gasteiger partial charge in [0.25, 0.3) is 5.56 Å². The second kappa shape index (κ2) is 19.4. The van der Waals surface area contributed by atoms with E-state index in [0.29, 0.717) is 63.0 Å². The molecule has 0 aliphatic carbocycles. The highest BCUT2D eigenvalue weighted by Crippen LogP contribution is 2.20. The van der Waals surface area contributed by atoms with Crippen LogP contribution in [-0.4, -0.2) is 73.3 Å². The van der Waals surface area contributed by atoms with Crippen LogP contribution in [0.15, 0.2) is 64.2 Å². The zero-order valence-corrected chi connectivity index (χ0v) is 30.9.